The van der Waals surface area contributed by atoms with E-state index in [4.69, 9.17) is 37.8 Å². The van der Waals surface area contributed by atoms with Gasteiger partial charge in [-0.2, -0.15) is 13.2 Å². The van der Waals surface area contributed by atoms with Crippen LogP contribution in [0.5, 0.6) is 5.75 Å². The van der Waals surface area contributed by atoms with Gasteiger partial charge < -0.3 is 9.84 Å². The summed E-state index contributed by atoms with van der Waals surface area (Å²) in [7, 11) is -3.77. The van der Waals surface area contributed by atoms with Gasteiger partial charge in [-0.1, -0.05) is 23.2 Å². The van der Waals surface area contributed by atoms with E-state index in [9.17, 15) is 26.4 Å². The van der Waals surface area contributed by atoms with E-state index in [-0.39, 0.29) is 23.1 Å². The summed E-state index contributed by atoms with van der Waals surface area (Å²) in [6.45, 7) is 5.74. The van der Waals surface area contributed by atoms with E-state index < -0.39 is 39.1 Å². The number of alkyl halides is 3. The van der Waals surface area contributed by atoms with Crippen molar-refractivity contribution in [3.63, 3.8) is 0 Å². The second-order valence-electron chi connectivity index (χ2n) is 11.7. The summed E-state index contributed by atoms with van der Waals surface area (Å²) in [5.41, 5.74) is 1.15. The molecule has 8 nitrogen and oxygen atoms in total. The maximum atomic E-state index is 15.1. The fourth-order valence-electron chi connectivity index (χ4n) is 5.02. The SMILES string of the molecule is CC(C)(c1cc(Cl)cc(Cl)c1)N1CCC[C@@H](Oc2cc(F)c(C(=O)NS(=O)(=O)C3CC3)cc2C2CC2)C1.O=C(O)C(F)(F)F. The molecule has 0 bridgehead atoms. The molecule has 44 heavy (non-hydrogen) atoms. The number of carbonyl (C=O) groups is 2. The number of piperidine rings is 1. The van der Waals surface area contributed by atoms with E-state index in [0.717, 1.165) is 43.4 Å². The second-order valence-corrected chi connectivity index (χ2v) is 14.5. The molecule has 0 spiro atoms. The second kappa shape index (κ2) is 13.0. The lowest BCUT2D eigenvalue weighted by atomic mass is 9.89. The number of carboxylic acids is 1. The highest BCUT2D eigenvalue weighted by molar-refractivity contribution is 7.91. The zero-order valence-corrected chi connectivity index (χ0v) is 26.2. The number of nitrogens with one attached hydrogen (secondary N) is 1. The molecule has 1 atom stereocenters. The van der Waals surface area contributed by atoms with Crippen LogP contribution in [0.4, 0.5) is 17.6 Å². The number of hydrogen-bond acceptors (Lipinski definition) is 6. The molecule has 1 aliphatic heterocycles. The molecule has 242 valence electrons. The molecule has 2 saturated carbocycles. The van der Waals surface area contributed by atoms with Crippen LogP contribution in [0, 0.1) is 5.82 Å². The number of rotatable bonds is 8. The molecule has 1 amide bonds. The van der Waals surface area contributed by atoms with Crippen molar-refractivity contribution in [2.75, 3.05) is 13.1 Å². The third-order valence-electron chi connectivity index (χ3n) is 7.83. The van der Waals surface area contributed by atoms with Crippen molar-refractivity contribution < 1.29 is 45.4 Å². The summed E-state index contributed by atoms with van der Waals surface area (Å²) >= 11 is 12.5. The number of nitrogens with zero attached hydrogens (tertiary/aromatic N) is 1. The van der Waals surface area contributed by atoms with Gasteiger partial charge in [0.1, 0.15) is 17.7 Å². The largest absolute Gasteiger partial charge is 0.490 e. The molecule has 15 heteroatoms. The molecular formula is C29H32Cl2F4N2O6S. The molecule has 2 aromatic carbocycles. The monoisotopic (exact) mass is 682 g/mol. The third-order valence-corrected chi connectivity index (χ3v) is 10.1. The average Bonchev–Trinajstić information content (AvgIpc) is 3.81. The Balaban J connectivity index is 0.000000566. The number of carboxylic acid groups (broad SMARTS) is 1. The van der Waals surface area contributed by atoms with Gasteiger partial charge >= 0.3 is 12.1 Å². The van der Waals surface area contributed by atoms with Crippen molar-refractivity contribution >= 4 is 45.1 Å². The molecule has 1 heterocycles. The van der Waals surface area contributed by atoms with Crippen LogP contribution in [0.15, 0.2) is 30.3 Å². The van der Waals surface area contributed by atoms with Crippen LogP contribution in [-0.4, -0.2) is 60.9 Å². The Hall–Kier alpha value is -2.61. The first kappa shape index (κ1) is 34.3. The van der Waals surface area contributed by atoms with E-state index in [1.54, 1.807) is 6.07 Å². The summed E-state index contributed by atoms with van der Waals surface area (Å²) in [6.07, 6.45) is -0.657. The van der Waals surface area contributed by atoms with E-state index in [2.05, 4.69) is 18.7 Å². The molecule has 2 aromatic rings. The number of amides is 1. The zero-order chi connectivity index (χ0) is 32.6. The summed E-state index contributed by atoms with van der Waals surface area (Å²) in [5.74, 6) is -3.87. The van der Waals surface area contributed by atoms with Crippen molar-refractivity contribution in [3.05, 3.63) is 62.9 Å². The standard InChI is InChI=1S/C27H31Cl2FN2O4S.C2HF3O2/c1-27(2,17-10-18(28)12-19(29)11-17)32-9-3-4-20(15-32)36-25-14-24(30)23(13-22(25)16-5-6-16)26(33)31-37(34,35)21-7-8-21;3-2(4,5)1(6)7/h10-14,16,20-21H,3-9,15H2,1-2H3,(H,31,33);(H,6,7)/t20-;/m1./s1. The van der Waals surface area contributed by atoms with Crippen LogP contribution in [-0.2, 0) is 20.4 Å². The predicted octanol–water partition coefficient (Wildman–Crippen LogP) is 6.64. The molecule has 0 unspecified atom stereocenters. The van der Waals surface area contributed by atoms with Crippen molar-refractivity contribution in [2.24, 2.45) is 0 Å². The topological polar surface area (TPSA) is 113 Å². The normalized spacial score (nSPS) is 19.5. The fraction of sp³-hybridized carbons (Fsp3) is 0.517. The van der Waals surface area contributed by atoms with E-state index in [1.165, 1.54) is 12.1 Å². The third kappa shape index (κ3) is 8.55. The number of benzene rings is 2. The quantitative estimate of drug-likeness (QED) is 0.300. The number of hydrogen-bond donors (Lipinski definition) is 2. The fourth-order valence-corrected chi connectivity index (χ4v) is 6.84. The summed E-state index contributed by atoms with van der Waals surface area (Å²) in [5, 5.41) is 7.73. The number of halogens is 6. The summed E-state index contributed by atoms with van der Waals surface area (Å²) in [4.78, 5) is 23.9. The van der Waals surface area contributed by atoms with Gasteiger partial charge in [0.15, 0.2) is 0 Å². The molecule has 3 aliphatic rings. The highest BCUT2D eigenvalue weighted by Gasteiger charge is 2.39. The van der Waals surface area contributed by atoms with Gasteiger partial charge in [-0.3, -0.25) is 9.69 Å². The molecule has 5 rings (SSSR count). The van der Waals surface area contributed by atoms with Crippen LogP contribution in [0.1, 0.15) is 79.8 Å². The Morgan fingerprint density at radius 3 is 2.11 bits per heavy atom. The Morgan fingerprint density at radius 1 is 1.00 bits per heavy atom. The minimum absolute atomic E-state index is 0.172. The average molecular weight is 684 g/mol. The van der Waals surface area contributed by atoms with Gasteiger partial charge in [-0.25, -0.2) is 22.3 Å². The van der Waals surface area contributed by atoms with Crippen LogP contribution in [0.2, 0.25) is 10.0 Å². The van der Waals surface area contributed by atoms with Crippen molar-refractivity contribution in [1.29, 1.82) is 0 Å². The lowest BCUT2D eigenvalue weighted by molar-refractivity contribution is -0.192. The first-order chi connectivity index (χ1) is 20.4. The Kier molecular flexibility index (Phi) is 10.1. The summed E-state index contributed by atoms with van der Waals surface area (Å²) in [6, 6.07) is 8.27. The molecule has 2 aliphatic carbocycles. The Labute approximate surface area is 262 Å². The maximum Gasteiger partial charge on any atom is 0.490 e. The van der Waals surface area contributed by atoms with E-state index in [1.807, 2.05) is 16.9 Å². The van der Waals surface area contributed by atoms with Crippen molar-refractivity contribution in [2.45, 2.75) is 81.4 Å². The Bertz CT molecular complexity index is 1510. The molecular weight excluding hydrogens is 651 g/mol. The maximum absolute atomic E-state index is 15.1. The van der Waals surface area contributed by atoms with Gasteiger partial charge in [0.05, 0.1) is 10.8 Å². The van der Waals surface area contributed by atoms with Gasteiger partial charge in [-0.05, 0) is 100 Å². The van der Waals surface area contributed by atoms with Crippen LogP contribution in [0.3, 0.4) is 0 Å². The first-order valence-electron chi connectivity index (χ1n) is 14.0. The van der Waals surface area contributed by atoms with E-state index >= 15 is 4.39 Å². The van der Waals surface area contributed by atoms with Gasteiger partial charge in [0.2, 0.25) is 10.0 Å². The first-order valence-corrected chi connectivity index (χ1v) is 16.3. The number of sulfonamides is 1. The van der Waals surface area contributed by atoms with Crippen molar-refractivity contribution in [3.8, 4) is 5.75 Å². The van der Waals surface area contributed by atoms with Gasteiger partial charge in [-0.15, -0.1) is 0 Å². The zero-order valence-electron chi connectivity index (χ0n) is 23.9. The number of likely N-dealkylation sites (tertiary alicyclic amines) is 1. The minimum atomic E-state index is -5.08. The van der Waals surface area contributed by atoms with Gasteiger partial charge in [0.25, 0.3) is 5.91 Å². The Morgan fingerprint density at radius 2 is 1.59 bits per heavy atom. The number of carbonyl (C=O) groups excluding carboxylic acids is 1. The van der Waals surface area contributed by atoms with Crippen LogP contribution in [0.25, 0.3) is 0 Å². The highest BCUT2D eigenvalue weighted by atomic mass is 35.5. The predicted molar refractivity (Wildman–Crippen MR) is 156 cm³/mol. The van der Waals surface area contributed by atoms with E-state index in [0.29, 0.717) is 35.2 Å². The summed E-state index contributed by atoms with van der Waals surface area (Å²) < 4.78 is 79.7. The van der Waals surface area contributed by atoms with Crippen LogP contribution < -0.4 is 9.46 Å². The van der Waals surface area contributed by atoms with Crippen LogP contribution >= 0.6 is 23.2 Å². The number of aliphatic carboxylic acids is 1. The number of ether oxygens (including phenoxy) is 1. The molecule has 3 fully saturated rings. The molecule has 0 aromatic heterocycles. The van der Waals surface area contributed by atoms with Gasteiger partial charge in [0, 0.05) is 28.2 Å². The molecule has 1 saturated heterocycles. The lowest BCUT2D eigenvalue weighted by Gasteiger charge is -2.44. The lowest BCUT2D eigenvalue weighted by Crippen LogP contribution is -2.50. The smallest absolute Gasteiger partial charge is 0.489 e. The minimum Gasteiger partial charge on any atom is -0.489 e. The molecule has 0 radical (unpaired) electrons. The highest BCUT2D eigenvalue weighted by Crippen LogP contribution is 2.46. The van der Waals surface area contributed by atoms with Crippen molar-refractivity contribution in [1.82, 2.24) is 9.62 Å². The molecule has 2 N–H and O–H groups in total.